The zero-order chi connectivity index (χ0) is 17.7. The van der Waals surface area contributed by atoms with E-state index in [-0.39, 0.29) is 5.91 Å². The Morgan fingerprint density at radius 2 is 1.96 bits per heavy atom. The molecule has 0 unspecified atom stereocenters. The molecule has 2 rings (SSSR count). The molecule has 0 atom stereocenters. The predicted molar refractivity (Wildman–Crippen MR) is 98.8 cm³/mol. The molecule has 0 aliphatic carbocycles. The Kier molecular flexibility index (Phi) is 5.90. The molecule has 0 saturated heterocycles. The van der Waals surface area contributed by atoms with Crippen LogP contribution in [0, 0.1) is 13.8 Å². The van der Waals surface area contributed by atoms with Gasteiger partial charge in [0.25, 0.3) is 5.91 Å². The molecule has 0 aliphatic rings. The number of aromatic nitrogens is 2. The fourth-order valence-electron chi connectivity index (χ4n) is 2.52. The van der Waals surface area contributed by atoms with Crippen molar-refractivity contribution in [3.05, 3.63) is 46.8 Å². The van der Waals surface area contributed by atoms with Gasteiger partial charge in [-0.25, -0.2) is 9.97 Å². The standard InChI is InChI=1S/C19H26N4O/c1-6-10-20-19-21-14(5)11-16(22-19)18(24)23-17-13(4)8-7-9-15(17)12(2)3/h7-9,11-12H,6,10H2,1-5H3,(H,23,24)(H,20,21,22). The van der Waals surface area contributed by atoms with Crippen molar-refractivity contribution in [2.45, 2.75) is 47.0 Å². The molecule has 1 heterocycles. The highest BCUT2D eigenvalue weighted by atomic mass is 16.1. The van der Waals surface area contributed by atoms with Crippen LogP contribution in [0.3, 0.4) is 0 Å². The molecule has 0 saturated carbocycles. The van der Waals surface area contributed by atoms with Crippen molar-refractivity contribution < 1.29 is 4.79 Å². The average Bonchev–Trinajstić information content (AvgIpc) is 2.54. The summed E-state index contributed by atoms with van der Waals surface area (Å²) in [5.41, 5.74) is 4.18. The smallest absolute Gasteiger partial charge is 0.274 e. The molecule has 1 aromatic heterocycles. The van der Waals surface area contributed by atoms with Crippen LogP contribution in [-0.4, -0.2) is 22.4 Å². The molecule has 0 radical (unpaired) electrons. The maximum absolute atomic E-state index is 12.7. The number of para-hydroxylation sites is 1. The molecule has 5 heteroatoms. The van der Waals surface area contributed by atoms with Crippen molar-refractivity contribution >= 4 is 17.5 Å². The summed E-state index contributed by atoms with van der Waals surface area (Å²) < 4.78 is 0. The molecule has 2 N–H and O–H groups in total. The maximum Gasteiger partial charge on any atom is 0.274 e. The fraction of sp³-hybridized carbons (Fsp3) is 0.421. The third kappa shape index (κ3) is 4.31. The largest absolute Gasteiger partial charge is 0.354 e. The van der Waals surface area contributed by atoms with E-state index in [1.165, 1.54) is 0 Å². The fourth-order valence-corrected chi connectivity index (χ4v) is 2.52. The quantitative estimate of drug-likeness (QED) is 0.831. The summed E-state index contributed by atoms with van der Waals surface area (Å²) in [4.78, 5) is 21.3. The van der Waals surface area contributed by atoms with Crippen LogP contribution in [0.4, 0.5) is 11.6 Å². The Balaban J connectivity index is 2.29. The predicted octanol–water partition coefficient (Wildman–Crippen LogP) is 4.29. The number of aryl methyl sites for hydroxylation is 2. The Hall–Kier alpha value is -2.43. The van der Waals surface area contributed by atoms with Crippen LogP contribution < -0.4 is 10.6 Å². The number of hydrogen-bond acceptors (Lipinski definition) is 4. The number of rotatable bonds is 6. The number of anilines is 2. The summed E-state index contributed by atoms with van der Waals surface area (Å²) in [5, 5.41) is 6.16. The topological polar surface area (TPSA) is 66.9 Å². The minimum Gasteiger partial charge on any atom is -0.354 e. The highest BCUT2D eigenvalue weighted by molar-refractivity contribution is 6.04. The number of carbonyl (C=O) groups is 1. The van der Waals surface area contributed by atoms with Crippen molar-refractivity contribution in [2.75, 3.05) is 17.2 Å². The molecule has 0 bridgehead atoms. The average molecular weight is 326 g/mol. The summed E-state index contributed by atoms with van der Waals surface area (Å²) in [5.74, 6) is 0.612. The van der Waals surface area contributed by atoms with E-state index in [9.17, 15) is 4.79 Å². The van der Waals surface area contributed by atoms with Gasteiger partial charge < -0.3 is 10.6 Å². The number of nitrogens with zero attached hydrogens (tertiary/aromatic N) is 2. The van der Waals surface area contributed by atoms with Crippen LogP contribution in [0.5, 0.6) is 0 Å². The van der Waals surface area contributed by atoms with Crippen LogP contribution in [0.1, 0.15) is 60.4 Å². The van der Waals surface area contributed by atoms with E-state index in [1.54, 1.807) is 6.07 Å². The van der Waals surface area contributed by atoms with Crippen LogP contribution in [-0.2, 0) is 0 Å². The lowest BCUT2D eigenvalue weighted by Crippen LogP contribution is -2.18. The molecular weight excluding hydrogens is 300 g/mol. The van der Waals surface area contributed by atoms with Crippen molar-refractivity contribution in [3.63, 3.8) is 0 Å². The zero-order valence-electron chi connectivity index (χ0n) is 15.1. The van der Waals surface area contributed by atoms with Gasteiger partial charge in [-0.05, 0) is 43.4 Å². The van der Waals surface area contributed by atoms with Crippen LogP contribution in [0.25, 0.3) is 0 Å². The molecule has 0 aliphatic heterocycles. The second-order valence-corrected chi connectivity index (χ2v) is 6.29. The Morgan fingerprint density at radius 3 is 2.62 bits per heavy atom. The summed E-state index contributed by atoms with van der Waals surface area (Å²) in [6.07, 6.45) is 0.972. The Morgan fingerprint density at radius 1 is 1.21 bits per heavy atom. The van der Waals surface area contributed by atoms with Crippen LogP contribution >= 0.6 is 0 Å². The van der Waals surface area contributed by atoms with Gasteiger partial charge in [-0.2, -0.15) is 0 Å². The van der Waals surface area contributed by atoms with E-state index >= 15 is 0 Å². The minimum absolute atomic E-state index is 0.212. The first-order valence-corrected chi connectivity index (χ1v) is 8.42. The number of carbonyl (C=O) groups excluding carboxylic acids is 1. The molecule has 128 valence electrons. The van der Waals surface area contributed by atoms with Gasteiger partial charge in [-0.3, -0.25) is 4.79 Å². The Bertz CT molecular complexity index is 725. The summed E-state index contributed by atoms with van der Waals surface area (Å²) in [6, 6.07) is 7.77. The number of amides is 1. The monoisotopic (exact) mass is 326 g/mol. The third-order valence-corrected chi connectivity index (χ3v) is 3.79. The summed E-state index contributed by atoms with van der Waals surface area (Å²) in [7, 11) is 0. The van der Waals surface area contributed by atoms with Crippen molar-refractivity contribution in [3.8, 4) is 0 Å². The van der Waals surface area contributed by atoms with Crippen LogP contribution in [0.2, 0.25) is 0 Å². The molecule has 24 heavy (non-hydrogen) atoms. The minimum atomic E-state index is -0.212. The second kappa shape index (κ2) is 7.90. The van der Waals surface area contributed by atoms with Gasteiger partial charge in [0.05, 0.1) is 0 Å². The SMILES string of the molecule is CCCNc1nc(C)cc(C(=O)Nc2c(C)cccc2C(C)C)n1. The van der Waals surface area contributed by atoms with Crippen molar-refractivity contribution in [2.24, 2.45) is 0 Å². The number of nitrogens with one attached hydrogen (secondary N) is 2. The lowest BCUT2D eigenvalue weighted by Gasteiger charge is -2.16. The molecule has 1 aromatic carbocycles. The third-order valence-electron chi connectivity index (χ3n) is 3.79. The normalized spacial score (nSPS) is 10.8. The van der Waals surface area contributed by atoms with Gasteiger partial charge in [-0.15, -0.1) is 0 Å². The van der Waals surface area contributed by atoms with Gasteiger partial charge >= 0.3 is 0 Å². The second-order valence-electron chi connectivity index (χ2n) is 6.29. The summed E-state index contributed by atoms with van der Waals surface area (Å²) >= 11 is 0. The number of benzene rings is 1. The molecule has 5 nitrogen and oxygen atoms in total. The molecule has 0 spiro atoms. The van der Waals surface area contributed by atoms with E-state index in [0.717, 1.165) is 35.5 Å². The zero-order valence-corrected chi connectivity index (χ0v) is 15.1. The van der Waals surface area contributed by atoms with E-state index in [4.69, 9.17) is 0 Å². The van der Waals surface area contributed by atoms with Gasteiger partial charge in [0.1, 0.15) is 5.69 Å². The Labute approximate surface area is 143 Å². The highest BCUT2D eigenvalue weighted by Gasteiger charge is 2.15. The lowest BCUT2D eigenvalue weighted by molar-refractivity contribution is 0.102. The van der Waals surface area contributed by atoms with E-state index in [0.29, 0.717) is 17.6 Å². The first-order chi connectivity index (χ1) is 11.4. The molecule has 2 aromatic rings. The van der Waals surface area contributed by atoms with E-state index < -0.39 is 0 Å². The molecule has 0 fully saturated rings. The number of hydrogen-bond donors (Lipinski definition) is 2. The van der Waals surface area contributed by atoms with E-state index in [2.05, 4.69) is 41.4 Å². The van der Waals surface area contributed by atoms with Gasteiger partial charge in [0, 0.05) is 17.9 Å². The van der Waals surface area contributed by atoms with Gasteiger partial charge in [-0.1, -0.05) is 39.0 Å². The van der Waals surface area contributed by atoms with Crippen LogP contribution in [0.15, 0.2) is 24.3 Å². The van der Waals surface area contributed by atoms with Gasteiger partial charge in [0.2, 0.25) is 5.95 Å². The molecule has 1 amide bonds. The van der Waals surface area contributed by atoms with Gasteiger partial charge in [0.15, 0.2) is 0 Å². The van der Waals surface area contributed by atoms with Crippen molar-refractivity contribution in [1.29, 1.82) is 0 Å². The van der Waals surface area contributed by atoms with Crippen molar-refractivity contribution in [1.82, 2.24) is 9.97 Å². The summed E-state index contributed by atoms with van der Waals surface area (Å²) in [6.45, 7) is 10.9. The first-order valence-electron chi connectivity index (χ1n) is 8.42. The lowest BCUT2D eigenvalue weighted by atomic mass is 9.98. The molecular formula is C19H26N4O. The highest BCUT2D eigenvalue weighted by Crippen LogP contribution is 2.27. The maximum atomic E-state index is 12.7. The van der Waals surface area contributed by atoms with E-state index in [1.807, 2.05) is 32.0 Å². The first kappa shape index (κ1) is 17.9.